The van der Waals surface area contributed by atoms with Crippen LogP contribution in [0, 0.1) is 0 Å². The second-order valence-corrected chi connectivity index (χ2v) is 1.55. The summed E-state index contributed by atoms with van der Waals surface area (Å²) in [5.74, 6) is 0.669. The lowest BCUT2D eigenvalue weighted by Gasteiger charge is -2.02. The Morgan fingerprint density at radius 3 is 2.88 bits per heavy atom. The van der Waals surface area contributed by atoms with Gasteiger partial charge in [0.05, 0.1) is 13.2 Å². The van der Waals surface area contributed by atoms with E-state index in [1.165, 1.54) is 0 Å². The average molecular weight is 136 g/mol. The van der Waals surface area contributed by atoms with Crippen LogP contribution in [0.3, 0.4) is 0 Å². The van der Waals surface area contributed by atoms with Gasteiger partial charge >= 0.3 is 0 Å². The van der Waals surface area contributed by atoms with Crippen molar-refractivity contribution in [1.29, 1.82) is 0 Å². The molecule has 0 aromatic carbocycles. The molecule has 0 spiro atoms. The van der Waals surface area contributed by atoms with Crippen molar-refractivity contribution in [2.24, 2.45) is 0 Å². The number of halogens is 1. The van der Waals surface area contributed by atoms with Crippen LogP contribution in [0.15, 0.2) is 12.3 Å². The topological polar surface area (TPSA) is 21.3 Å². The molecular formula is C5H10ClNO. The zero-order valence-electron chi connectivity index (χ0n) is 4.91. The minimum Gasteiger partial charge on any atom is -0.497 e. The second kappa shape index (κ2) is 4.94. The van der Waals surface area contributed by atoms with Crippen molar-refractivity contribution in [3.8, 4) is 0 Å². The van der Waals surface area contributed by atoms with E-state index in [-0.39, 0.29) is 0 Å². The minimum absolute atomic E-state index is 0.509. The zero-order chi connectivity index (χ0) is 6.41. The summed E-state index contributed by atoms with van der Waals surface area (Å²) >= 11 is 5.14. The Labute approximate surface area is 54.6 Å². The first-order valence-corrected chi connectivity index (χ1v) is 2.83. The predicted molar refractivity (Wildman–Crippen MR) is 34.6 cm³/mol. The number of hydrogen-bond acceptors (Lipinski definition) is 2. The van der Waals surface area contributed by atoms with E-state index in [0.717, 1.165) is 0 Å². The third kappa shape index (κ3) is 3.96. The zero-order valence-corrected chi connectivity index (χ0v) is 5.66. The van der Waals surface area contributed by atoms with E-state index in [0.29, 0.717) is 18.9 Å². The molecule has 0 aliphatic carbocycles. The Morgan fingerprint density at radius 1 is 1.88 bits per heavy atom. The highest BCUT2D eigenvalue weighted by Crippen LogP contribution is 1.89. The molecule has 0 aliphatic rings. The lowest BCUT2D eigenvalue weighted by Crippen LogP contribution is -2.06. The fourth-order valence-corrected chi connectivity index (χ4v) is 0.479. The molecule has 0 radical (unpaired) electrons. The fraction of sp³-hybridized carbons (Fsp3) is 0.600. The Hall–Kier alpha value is -0.210. The summed E-state index contributed by atoms with van der Waals surface area (Å²) in [6.45, 7) is 6.63. The largest absolute Gasteiger partial charge is 0.497 e. The third-order valence-electron chi connectivity index (χ3n) is 0.612. The highest BCUT2D eigenvalue weighted by atomic mass is 35.5. The first-order valence-electron chi connectivity index (χ1n) is 2.45. The quantitative estimate of drug-likeness (QED) is 0.463. The van der Waals surface area contributed by atoms with Gasteiger partial charge in [0.1, 0.15) is 5.76 Å². The van der Waals surface area contributed by atoms with E-state index in [2.05, 4.69) is 11.4 Å². The molecule has 0 unspecified atom stereocenters. The van der Waals surface area contributed by atoms with Crippen molar-refractivity contribution in [1.82, 2.24) is 4.84 Å². The van der Waals surface area contributed by atoms with Crippen LogP contribution in [0.1, 0.15) is 6.92 Å². The Kier molecular flexibility index (Phi) is 4.81. The van der Waals surface area contributed by atoms with E-state index in [9.17, 15) is 0 Å². The summed E-state index contributed by atoms with van der Waals surface area (Å²) in [5, 5.41) is 0. The normalized spacial score (nSPS) is 8.75. The van der Waals surface area contributed by atoms with E-state index >= 15 is 0 Å². The number of ether oxygens (including phenoxy) is 1. The van der Waals surface area contributed by atoms with Crippen LogP contribution in [0.2, 0.25) is 0 Å². The molecule has 0 aromatic rings. The molecule has 0 atom stereocenters. The SMILES string of the molecule is C=C(CNCl)OCC. The van der Waals surface area contributed by atoms with Crippen molar-refractivity contribution < 1.29 is 4.74 Å². The molecule has 0 heterocycles. The number of hydrogen-bond donors (Lipinski definition) is 1. The predicted octanol–water partition coefficient (Wildman–Crippen LogP) is 1.28. The first-order chi connectivity index (χ1) is 3.81. The molecule has 0 aromatic heterocycles. The number of nitrogens with one attached hydrogen (secondary N) is 1. The Morgan fingerprint density at radius 2 is 2.50 bits per heavy atom. The monoisotopic (exact) mass is 135 g/mol. The maximum Gasteiger partial charge on any atom is 0.104 e. The summed E-state index contributed by atoms with van der Waals surface area (Å²) in [4.78, 5) is 2.40. The molecule has 3 heteroatoms. The smallest absolute Gasteiger partial charge is 0.104 e. The first kappa shape index (κ1) is 7.79. The van der Waals surface area contributed by atoms with Gasteiger partial charge in [-0.25, -0.2) is 4.84 Å². The lowest BCUT2D eigenvalue weighted by atomic mass is 10.6. The molecule has 0 amide bonds. The maximum atomic E-state index is 5.14. The Balaban J connectivity index is 3.06. The lowest BCUT2D eigenvalue weighted by molar-refractivity contribution is 0.226. The third-order valence-corrected chi connectivity index (χ3v) is 0.746. The minimum atomic E-state index is 0.509. The molecule has 2 nitrogen and oxygen atoms in total. The van der Waals surface area contributed by atoms with Crippen molar-refractivity contribution >= 4 is 11.8 Å². The Bertz CT molecular complexity index is 66.8. The summed E-state index contributed by atoms with van der Waals surface area (Å²) in [5.41, 5.74) is 0. The molecule has 0 saturated carbocycles. The van der Waals surface area contributed by atoms with E-state index in [4.69, 9.17) is 16.5 Å². The van der Waals surface area contributed by atoms with Gasteiger partial charge in [0.2, 0.25) is 0 Å². The molecular weight excluding hydrogens is 126 g/mol. The van der Waals surface area contributed by atoms with Gasteiger partial charge in [0.25, 0.3) is 0 Å². The van der Waals surface area contributed by atoms with Crippen LogP contribution in [0.5, 0.6) is 0 Å². The summed E-state index contributed by atoms with van der Waals surface area (Å²) < 4.78 is 4.94. The van der Waals surface area contributed by atoms with Gasteiger partial charge in [-0.3, -0.25) is 0 Å². The molecule has 48 valence electrons. The standard InChI is InChI=1S/C5H10ClNO/c1-3-8-5(2)4-7-6/h7H,2-4H2,1H3. The van der Waals surface area contributed by atoms with Gasteiger partial charge in [-0.15, -0.1) is 0 Å². The van der Waals surface area contributed by atoms with Crippen LogP contribution >= 0.6 is 11.8 Å². The maximum absolute atomic E-state index is 5.14. The van der Waals surface area contributed by atoms with Crippen molar-refractivity contribution in [3.63, 3.8) is 0 Å². The summed E-state index contributed by atoms with van der Waals surface area (Å²) in [6, 6.07) is 0. The van der Waals surface area contributed by atoms with Crippen molar-refractivity contribution in [2.45, 2.75) is 6.92 Å². The highest BCUT2D eigenvalue weighted by Gasteiger charge is 1.87. The molecule has 0 fully saturated rings. The van der Waals surface area contributed by atoms with Gasteiger partial charge in [-0.05, 0) is 18.7 Å². The summed E-state index contributed by atoms with van der Waals surface area (Å²) in [7, 11) is 0. The molecule has 8 heavy (non-hydrogen) atoms. The van der Waals surface area contributed by atoms with E-state index in [1.54, 1.807) is 0 Å². The van der Waals surface area contributed by atoms with E-state index in [1.807, 2.05) is 6.92 Å². The van der Waals surface area contributed by atoms with Crippen LogP contribution in [0.4, 0.5) is 0 Å². The average Bonchev–Trinajstić information content (AvgIpc) is 1.68. The molecule has 1 N–H and O–H groups in total. The summed E-state index contributed by atoms with van der Waals surface area (Å²) in [6.07, 6.45) is 0. The van der Waals surface area contributed by atoms with Gasteiger partial charge in [0.15, 0.2) is 0 Å². The van der Waals surface area contributed by atoms with Gasteiger partial charge in [-0.1, -0.05) is 6.58 Å². The number of rotatable bonds is 4. The fourth-order valence-electron chi connectivity index (χ4n) is 0.330. The van der Waals surface area contributed by atoms with Crippen molar-refractivity contribution in [2.75, 3.05) is 13.2 Å². The van der Waals surface area contributed by atoms with Crippen molar-refractivity contribution in [3.05, 3.63) is 12.3 Å². The van der Waals surface area contributed by atoms with Gasteiger partial charge in [-0.2, -0.15) is 0 Å². The van der Waals surface area contributed by atoms with Crippen LogP contribution in [-0.2, 0) is 4.74 Å². The molecule has 0 aliphatic heterocycles. The van der Waals surface area contributed by atoms with Gasteiger partial charge in [0, 0.05) is 0 Å². The second-order valence-electron chi connectivity index (χ2n) is 1.28. The van der Waals surface area contributed by atoms with Crippen LogP contribution in [-0.4, -0.2) is 13.2 Å². The molecule has 0 bridgehead atoms. The van der Waals surface area contributed by atoms with Crippen LogP contribution in [0.25, 0.3) is 0 Å². The molecule has 0 saturated heterocycles. The van der Waals surface area contributed by atoms with Gasteiger partial charge < -0.3 is 4.74 Å². The van der Waals surface area contributed by atoms with Crippen LogP contribution < -0.4 is 4.84 Å². The highest BCUT2D eigenvalue weighted by molar-refractivity contribution is 6.13. The van der Waals surface area contributed by atoms with E-state index < -0.39 is 0 Å². The molecule has 0 rings (SSSR count).